The van der Waals surface area contributed by atoms with Crippen molar-refractivity contribution in [2.45, 2.75) is 6.54 Å². The topological polar surface area (TPSA) is 58.4 Å². The van der Waals surface area contributed by atoms with Crippen LogP contribution in [0.5, 0.6) is 0 Å². The number of aromatic nitrogens is 2. The van der Waals surface area contributed by atoms with Gasteiger partial charge in [-0.1, -0.05) is 35.9 Å². The summed E-state index contributed by atoms with van der Waals surface area (Å²) in [5.41, 5.74) is 4.36. The Bertz CT molecular complexity index is 1150. The van der Waals surface area contributed by atoms with Gasteiger partial charge in [-0.2, -0.15) is 4.31 Å². The third-order valence-electron chi connectivity index (χ3n) is 5.34. The van der Waals surface area contributed by atoms with E-state index >= 15 is 0 Å². The van der Waals surface area contributed by atoms with Gasteiger partial charge in [-0.3, -0.25) is 0 Å². The number of hydrogen-bond donors (Lipinski definition) is 0. The second-order valence-electron chi connectivity index (χ2n) is 7.70. The van der Waals surface area contributed by atoms with Crippen molar-refractivity contribution in [3.05, 3.63) is 82.9 Å². The number of halogens is 1. The summed E-state index contributed by atoms with van der Waals surface area (Å²) in [6, 6.07) is 14.4. The van der Waals surface area contributed by atoms with E-state index < -0.39 is 10.0 Å². The lowest BCUT2D eigenvalue weighted by atomic mass is 10.1. The summed E-state index contributed by atoms with van der Waals surface area (Å²) < 4.78 is 26.9. The molecule has 0 unspecified atom stereocenters. The number of rotatable bonds is 6. The van der Waals surface area contributed by atoms with Gasteiger partial charge in [0.2, 0.25) is 10.0 Å². The number of nitrogens with zero attached hydrogens (tertiary/aromatic N) is 4. The highest BCUT2D eigenvalue weighted by Crippen LogP contribution is 2.21. The van der Waals surface area contributed by atoms with Crippen molar-refractivity contribution in [1.82, 2.24) is 13.9 Å². The van der Waals surface area contributed by atoms with Crippen LogP contribution in [0.2, 0.25) is 5.02 Å². The maximum absolute atomic E-state index is 11.7. The fraction of sp³-hybridized carbons (Fsp3) is 0.261. The van der Waals surface area contributed by atoms with Crippen LogP contribution >= 0.6 is 11.6 Å². The fourth-order valence-corrected chi connectivity index (χ4v) is 4.81. The van der Waals surface area contributed by atoms with Crippen molar-refractivity contribution < 1.29 is 8.42 Å². The Morgan fingerprint density at radius 2 is 1.71 bits per heavy atom. The molecule has 0 amide bonds. The van der Waals surface area contributed by atoms with Crippen LogP contribution in [0.25, 0.3) is 12.2 Å². The third-order valence-corrected chi connectivity index (χ3v) is 6.86. The van der Waals surface area contributed by atoms with E-state index in [1.54, 1.807) is 12.5 Å². The van der Waals surface area contributed by atoms with Crippen LogP contribution in [0.4, 0.5) is 5.69 Å². The van der Waals surface area contributed by atoms with E-state index in [-0.39, 0.29) is 0 Å². The highest BCUT2D eigenvalue weighted by atomic mass is 35.5. The maximum atomic E-state index is 11.7. The third kappa shape index (κ3) is 5.76. The zero-order valence-corrected chi connectivity index (χ0v) is 18.9. The summed E-state index contributed by atoms with van der Waals surface area (Å²) in [5, 5.41) is 0.709. The number of benzene rings is 2. The van der Waals surface area contributed by atoms with Crippen LogP contribution < -0.4 is 4.90 Å². The van der Waals surface area contributed by atoms with E-state index in [4.69, 9.17) is 11.6 Å². The first-order chi connectivity index (χ1) is 14.9. The van der Waals surface area contributed by atoms with Crippen LogP contribution in [0.3, 0.4) is 0 Å². The van der Waals surface area contributed by atoms with Crippen molar-refractivity contribution in [3.63, 3.8) is 0 Å². The minimum Gasteiger partial charge on any atom is -0.369 e. The minimum absolute atomic E-state index is 0.524. The number of anilines is 1. The SMILES string of the molecule is CS(=O)(=O)N1CCN(c2ccc(/C=C/c3cc(Cl)cc(Cn4ccnc4)c3)cc2)CC1. The molecule has 1 aliphatic heterocycles. The van der Waals surface area contributed by atoms with E-state index in [9.17, 15) is 8.42 Å². The molecule has 0 aliphatic carbocycles. The zero-order chi connectivity index (χ0) is 21.8. The van der Waals surface area contributed by atoms with Crippen molar-refractivity contribution in [1.29, 1.82) is 0 Å². The van der Waals surface area contributed by atoms with E-state index in [1.807, 2.05) is 22.9 Å². The molecule has 1 aliphatic rings. The molecule has 0 radical (unpaired) electrons. The van der Waals surface area contributed by atoms with Gasteiger partial charge in [-0.05, 0) is 47.0 Å². The monoisotopic (exact) mass is 456 g/mol. The second-order valence-corrected chi connectivity index (χ2v) is 10.1. The molecule has 6 nitrogen and oxygen atoms in total. The van der Waals surface area contributed by atoms with Crippen LogP contribution in [0.1, 0.15) is 16.7 Å². The highest BCUT2D eigenvalue weighted by molar-refractivity contribution is 7.88. The standard InChI is InChI=1S/C23H25ClN4O2S/c1-31(29,30)28-12-10-27(11-13-28)23-6-4-19(5-7-23)2-3-20-14-21(16-22(24)15-20)17-26-9-8-25-18-26/h2-9,14-16,18H,10-13,17H2,1H3/b3-2+. The Hall–Kier alpha value is -2.61. The molecule has 3 aromatic rings. The van der Waals surface area contributed by atoms with Crippen molar-refractivity contribution >= 4 is 39.5 Å². The number of imidazole rings is 1. The fourth-order valence-electron chi connectivity index (χ4n) is 3.72. The summed E-state index contributed by atoms with van der Waals surface area (Å²) in [5.74, 6) is 0. The van der Waals surface area contributed by atoms with Gasteiger partial charge < -0.3 is 9.47 Å². The van der Waals surface area contributed by atoms with Crippen molar-refractivity contribution in [3.8, 4) is 0 Å². The lowest BCUT2D eigenvalue weighted by Gasteiger charge is -2.34. The Morgan fingerprint density at radius 3 is 2.35 bits per heavy atom. The van der Waals surface area contributed by atoms with Crippen molar-refractivity contribution in [2.75, 3.05) is 37.3 Å². The van der Waals surface area contributed by atoms with Gasteiger partial charge in [-0.25, -0.2) is 13.4 Å². The Kier molecular flexibility index (Phi) is 6.46. The van der Waals surface area contributed by atoms with Gasteiger partial charge in [0.1, 0.15) is 0 Å². The average molecular weight is 457 g/mol. The van der Waals surface area contributed by atoms with E-state index in [0.29, 0.717) is 31.2 Å². The average Bonchev–Trinajstić information content (AvgIpc) is 3.25. The zero-order valence-electron chi connectivity index (χ0n) is 17.4. The quantitative estimate of drug-likeness (QED) is 0.529. The first kappa shape index (κ1) is 21.6. The molecule has 0 N–H and O–H groups in total. The van der Waals surface area contributed by atoms with Gasteiger partial charge in [-0.15, -0.1) is 0 Å². The Balaban J connectivity index is 1.41. The van der Waals surface area contributed by atoms with Gasteiger partial charge in [0.25, 0.3) is 0 Å². The molecule has 162 valence electrons. The molecule has 0 saturated carbocycles. The largest absolute Gasteiger partial charge is 0.369 e. The van der Waals surface area contributed by atoms with Gasteiger partial charge in [0.05, 0.1) is 12.6 Å². The molecule has 0 spiro atoms. The maximum Gasteiger partial charge on any atom is 0.211 e. The highest BCUT2D eigenvalue weighted by Gasteiger charge is 2.23. The van der Waals surface area contributed by atoms with Gasteiger partial charge in [0.15, 0.2) is 0 Å². The molecule has 4 rings (SSSR count). The lowest BCUT2D eigenvalue weighted by molar-refractivity contribution is 0.388. The van der Waals surface area contributed by atoms with Crippen LogP contribution in [-0.2, 0) is 16.6 Å². The molecule has 31 heavy (non-hydrogen) atoms. The van der Waals surface area contributed by atoms with Crippen LogP contribution in [-0.4, -0.2) is 54.7 Å². The van der Waals surface area contributed by atoms with E-state index in [0.717, 1.165) is 28.9 Å². The van der Waals surface area contributed by atoms with Crippen LogP contribution in [0, 0.1) is 0 Å². The molecular weight excluding hydrogens is 432 g/mol. The number of piperazine rings is 1. The van der Waals surface area contributed by atoms with E-state index in [1.165, 1.54) is 10.6 Å². The summed E-state index contributed by atoms with van der Waals surface area (Å²) >= 11 is 6.31. The smallest absolute Gasteiger partial charge is 0.211 e. The van der Waals surface area contributed by atoms with E-state index in [2.05, 4.69) is 52.4 Å². The minimum atomic E-state index is -3.11. The number of hydrogen-bond acceptors (Lipinski definition) is 4. The van der Waals surface area contributed by atoms with Crippen molar-refractivity contribution in [2.24, 2.45) is 0 Å². The molecule has 0 atom stereocenters. The molecule has 1 saturated heterocycles. The predicted molar refractivity (Wildman–Crippen MR) is 127 cm³/mol. The molecule has 2 aromatic carbocycles. The van der Waals surface area contributed by atoms with Gasteiger partial charge in [0, 0.05) is 55.8 Å². The molecular formula is C23H25ClN4O2S. The first-order valence-electron chi connectivity index (χ1n) is 10.1. The normalized spacial score (nSPS) is 15.6. The first-order valence-corrected chi connectivity index (χ1v) is 12.3. The molecule has 1 aromatic heterocycles. The molecule has 0 bridgehead atoms. The summed E-state index contributed by atoms with van der Waals surface area (Å²) in [7, 11) is -3.11. The van der Waals surface area contributed by atoms with Crippen LogP contribution in [0.15, 0.2) is 61.2 Å². The predicted octanol–water partition coefficient (Wildman–Crippen LogP) is 3.84. The molecule has 2 heterocycles. The van der Waals surface area contributed by atoms with Gasteiger partial charge >= 0.3 is 0 Å². The number of sulfonamides is 1. The lowest BCUT2D eigenvalue weighted by Crippen LogP contribution is -2.48. The second kappa shape index (κ2) is 9.26. The Labute approximate surface area is 188 Å². The molecule has 1 fully saturated rings. The summed E-state index contributed by atoms with van der Waals surface area (Å²) in [6.07, 6.45) is 10.9. The summed E-state index contributed by atoms with van der Waals surface area (Å²) in [4.78, 5) is 6.29. The Morgan fingerprint density at radius 1 is 1.00 bits per heavy atom. The summed E-state index contributed by atoms with van der Waals surface area (Å²) in [6.45, 7) is 3.17. The molecule has 8 heteroatoms.